The van der Waals surface area contributed by atoms with Gasteiger partial charge in [-0.05, 0) is 23.6 Å². The number of rotatable bonds is 5. The molecule has 4 heteroatoms. The molecule has 5 atom stereocenters. The molecule has 2 aromatic carbocycles. The number of pyridine rings is 1. The van der Waals surface area contributed by atoms with Crippen molar-refractivity contribution in [3.63, 3.8) is 0 Å². The van der Waals surface area contributed by atoms with E-state index in [1.165, 1.54) is 12.0 Å². The molecule has 3 fully saturated rings. The third kappa shape index (κ3) is 3.62. The van der Waals surface area contributed by atoms with E-state index in [9.17, 15) is 5.11 Å². The smallest absolute Gasteiger partial charge is 0.131 e. The lowest BCUT2D eigenvalue weighted by Gasteiger charge is -2.58. The Morgan fingerprint density at radius 1 is 1.10 bits per heavy atom. The van der Waals surface area contributed by atoms with Crippen molar-refractivity contribution in [1.82, 2.24) is 4.98 Å². The van der Waals surface area contributed by atoms with E-state index >= 15 is 0 Å². The maximum atomic E-state index is 11.7. The Labute approximate surface area is 189 Å². The molecule has 2 bridgehead atoms. The fourth-order valence-electron chi connectivity index (χ4n) is 5.91. The Hall–Kier alpha value is -2.01. The van der Waals surface area contributed by atoms with Gasteiger partial charge in [-0.15, -0.1) is 6.58 Å². The average molecular weight is 465 g/mol. The second-order valence-corrected chi connectivity index (χ2v) is 8.88. The summed E-state index contributed by atoms with van der Waals surface area (Å²) >= 11 is 0. The van der Waals surface area contributed by atoms with Crippen LogP contribution in [0.2, 0.25) is 0 Å². The van der Waals surface area contributed by atoms with E-state index in [4.69, 9.17) is 0 Å². The normalized spacial score (nSPS) is 28.6. The minimum atomic E-state index is -0.486. The number of para-hydroxylation sites is 1. The van der Waals surface area contributed by atoms with Gasteiger partial charge >= 0.3 is 0 Å². The van der Waals surface area contributed by atoms with E-state index in [1.807, 2.05) is 30.5 Å². The highest BCUT2D eigenvalue weighted by Gasteiger charge is 2.53. The molecule has 0 spiro atoms. The monoisotopic (exact) mass is 464 g/mol. The number of piperidine rings is 3. The fraction of sp³-hybridized carbons (Fsp3) is 0.346. The summed E-state index contributed by atoms with van der Waals surface area (Å²) in [4.78, 5) is 4.50. The Morgan fingerprint density at radius 2 is 1.87 bits per heavy atom. The van der Waals surface area contributed by atoms with Crippen LogP contribution in [0.3, 0.4) is 0 Å². The molecule has 4 heterocycles. The Morgan fingerprint density at radius 3 is 2.67 bits per heavy atom. The number of aromatic nitrogens is 1. The summed E-state index contributed by atoms with van der Waals surface area (Å²) in [5.74, 6) is 1.18. The number of hydrogen-bond acceptors (Lipinski definition) is 2. The van der Waals surface area contributed by atoms with E-state index in [-0.39, 0.29) is 23.0 Å². The first-order chi connectivity index (χ1) is 14.2. The van der Waals surface area contributed by atoms with Crippen LogP contribution in [0.15, 0.2) is 79.5 Å². The minimum Gasteiger partial charge on any atom is -1.00 e. The van der Waals surface area contributed by atoms with Gasteiger partial charge in [0.05, 0.1) is 18.6 Å². The van der Waals surface area contributed by atoms with E-state index in [0.29, 0.717) is 11.8 Å². The van der Waals surface area contributed by atoms with E-state index in [0.717, 1.165) is 47.0 Å². The van der Waals surface area contributed by atoms with Gasteiger partial charge in [0.15, 0.2) is 0 Å². The number of benzene rings is 2. The minimum absolute atomic E-state index is 0. The lowest BCUT2D eigenvalue weighted by Crippen LogP contribution is -3.00. The summed E-state index contributed by atoms with van der Waals surface area (Å²) in [7, 11) is 0. The van der Waals surface area contributed by atoms with Crippen LogP contribution in [0.5, 0.6) is 0 Å². The number of quaternary nitrogens is 1. The molecule has 3 aliphatic heterocycles. The molecular weight excluding hydrogens is 436 g/mol. The van der Waals surface area contributed by atoms with Gasteiger partial charge in [0.25, 0.3) is 0 Å². The van der Waals surface area contributed by atoms with Gasteiger partial charge in [-0.1, -0.05) is 54.6 Å². The number of nitrogens with zero attached hydrogens (tertiary/aromatic N) is 2. The molecule has 0 aliphatic carbocycles. The summed E-state index contributed by atoms with van der Waals surface area (Å²) in [6.45, 7) is 7.32. The second-order valence-electron chi connectivity index (χ2n) is 8.88. The van der Waals surface area contributed by atoms with Crippen LogP contribution in [0.25, 0.3) is 10.9 Å². The molecule has 6 rings (SSSR count). The number of aliphatic hydroxyl groups excluding tert-OH is 1. The van der Waals surface area contributed by atoms with Gasteiger partial charge in [-0.2, -0.15) is 0 Å². The molecule has 0 radical (unpaired) electrons. The van der Waals surface area contributed by atoms with Gasteiger partial charge in [-0.3, -0.25) is 4.98 Å². The molecule has 0 saturated carbocycles. The largest absolute Gasteiger partial charge is 1.00 e. The predicted octanol–water partition coefficient (Wildman–Crippen LogP) is 1.88. The van der Waals surface area contributed by atoms with Gasteiger partial charge < -0.3 is 26.6 Å². The molecular formula is C26H29BrN2O. The summed E-state index contributed by atoms with van der Waals surface area (Å²) in [5.41, 5.74) is 3.33. The molecule has 3 saturated heterocycles. The summed E-state index contributed by atoms with van der Waals surface area (Å²) in [6.07, 6.45) is 5.79. The lowest BCUT2D eigenvalue weighted by molar-refractivity contribution is -0.984. The van der Waals surface area contributed by atoms with Gasteiger partial charge in [0.2, 0.25) is 0 Å². The van der Waals surface area contributed by atoms with Crippen molar-refractivity contribution < 1.29 is 26.6 Å². The third-order valence-electron chi connectivity index (χ3n) is 7.38. The molecule has 3 nitrogen and oxygen atoms in total. The maximum Gasteiger partial charge on any atom is 0.131 e. The number of halogens is 1. The first-order valence-corrected chi connectivity index (χ1v) is 10.7. The van der Waals surface area contributed by atoms with Crippen LogP contribution >= 0.6 is 0 Å². The van der Waals surface area contributed by atoms with E-state index in [1.54, 1.807) is 0 Å². The first kappa shape index (κ1) is 21.2. The zero-order valence-corrected chi connectivity index (χ0v) is 18.8. The Balaban J connectivity index is 0.00000218. The maximum absolute atomic E-state index is 11.7. The van der Waals surface area contributed by atoms with Crippen LogP contribution in [0.1, 0.15) is 30.1 Å². The van der Waals surface area contributed by atoms with Crippen molar-refractivity contribution in [3.05, 3.63) is 90.6 Å². The van der Waals surface area contributed by atoms with E-state index in [2.05, 4.69) is 54.0 Å². The fourth-order valence-corrected chi connectivity index (χ4v) is 5.91. The standard InChI is InChI=1S/C26H29N2O.BrH/c1-2-20-18-28(17-19-8-4-3-5-9-19)15-13-21(20)16-25(28)26(29)23-12-14-27-24-11-7-6-10-22(23)24;/h2-12,14,20-21,25-26,29H,1,13,15-18H2;1H/q+1;/p-1/t20-,21?,25+,26+,28?;/m0./s1. The zero-order chi connectivity index (χ0) is 19.8. The third-order valence-corrected chi connectivity index (χ3v) is 7.38. The van der Waals surface area contributed by atoms with Crippen molar-refractivity contribution in [2.75, 3.05) is 13.1 Å². The molecule has 3 aromatic rings. The van der Waals surface area contributed by atoms with Gasteiger partial charge in [-0.25, -0.2) is 0 Å². The van der Waals surface area contributed by atoms with Crippen LogP contribution in [0, 0.1) is 11.8 Å². The Bertz CT molecular complexity index is 1020. The summed E-state index contributed by atoms with van der Waals surface area (Å²) in [6, 6.07) is 21.2. The van der Waals surface area contributed by atoms with Crippen LogP contribution < -0.4 is 17.0 Å². The average Bonchev–Trinajstić information content (AvgIpc) is 2.78. The molecule has 30 heavy (non-hydrogen) atoms. The van der Waals surface area contributed by atoms with Crippen molar-refractivity contribution in [2.45, 2.75) is 31.5 Å². The van der Waals surface area contributed by atoms with Crippen LogP contribution in [0.4, 0.5) is 0 Å². The molecule has 1 aromatic heterocycles. The van der Waals surface area contributed by atoms with Gasteiger partial charge in [0, 0.05) is 35.9 Å². The van der Waals surface area contributed by atoms with Crippen molar-refractivity contribution >= 4 is 10.9 Å². The van der Waals surface area contributed by atoms with Crippen LogP contribution in [-0.4, -0.2) is 33.7 Å². The topological polar surface area (TPSA) is 33.1 Å². The zero-order valence-electron chi connectivity index (χ0n) is 17.2. The first-order valence-electron chi connectivity index (χ1n) is 10.7. The number of aliphatic hydroxyl groups is 1. The van der Waals surface area contributed by atoms with Crippen LogP contribution in [-0.2, 0) is 6.54 Å². The summed E-state index contributed by atoms with van der Waals surface area (Å²) in [5, 5.41) is 12.8. The van der Waals surface area contributed by atoms with Crippen molar-refractivity contribution in [2.24, 2.45) is 11.8 Å². The number of fused-ring (bicyclic) bond motifs is 4. The highest BCUT2D eigenvalue weighted by Crippen LogP contribution is 2.47. The van der Waals surface area contributed by atoms with Gasteiger partial charge in [0.1, 0.15) is 18.7 Å². The summed E-state index contributed by atoms with van der Waals surface area (Å²) < 4.78 is 0.953. The molecule has 156 valence electrons. The Kier molecular flexibility index (Phi) is 6.10. The molecule has 3 aliphatic rings. The predicted molar refractivity (Wildman–Crippen MR) is 117 cm³/mol. The molecule has 2 unspecified atom stereocenters. The SMILES string of the molecule is C=C[C@H]1C[N+]2(Cc3ccccc3)CCC1C[C@@H]2[C@H](O)c1ccnc2ccccc12.[Br-]. The van der Waals surface area contributed by atoms with E-state index < -0.39 is 6.10 Å². The quantitative estimate of drug-likeness (QED) is 0.461. The lowest BCUT2D eigenvalue weighted by atomic mass is 9.71. The van der Waals surface area contributed by atoms with Crippen molar-refractivity contribution in [3.8, 4) is 0 Å². The highest BCUT2D eigenvalue weighted by molar-refractivity contribution is 5.82. The number of hydrogen-bond donors (Lipinski definition) is 1. The van der Waals surface area contributed by atoms with Crippen molar-refractivity contribution in [1.29, 1.82) is 0 Å². The molecule has 0 amide bonds. The molecule has 1 N–H and O–H groups in total. The highest BCUT2D eigenvalue weighted by atomic mass is 79.9. The second kappa shape index (κ2) is 8.62.